The van der Waals surface area contributed by atoms with Crippen molar-refractivity contribution in [1.82, 2.24) is 20.2 Å². The van der Waals surface area contributed by atoms with Crippen LogP contribution in [0.3, 0.4) is 0 Å². The van der Waals surface area contributed by atoms with Crippen molar-refractivity contribution in [2.75, 3.05) is 39.9 Å². The number of nitriles is 1. The molecule has 0 aliphatic carbocycles. The molecule has 4 aromatic rings. The van der Waals surface area contributed by atoms with E-state index in [1.807, 2.05) is 43.3 Å². The number of hydrogen-bond donors (Lipinski definition) is 4. The first-order valence-electron chi connectivity index (χ1n) is 21.9. The van der Waals surface area contributed by atoms with Gasteiger partial charge in [0.2, 0.25) is 11.8 Å². The number of benzene rings is 3. The third kappa shape index (κ3) is 12.2. The molecular weight excluding hydrogens is 825 g/mol. The average Bonchev–Trinajstić information content (AvgIpc) is 3.28. The van der Waals surface area contributed by atoms with Crippen molar-refractivity contribution in [2.45, 2.75) is 78.3 Å². The highest BCUT2D eigenvalue weighted by atomic mass is 16.5. The third-order valence-corrected chi connectivity index (χ3v) is 11.5. The molecule has 2 heterocycles. The Morgan fingerprint density at radius 1 is 0.908 bits per heavy atom. The maximum absolute atomic E-state index is 14.8. The molecule has 3 aromatic carbocycles. The van der Waals surface area contributed by atoms with Crippen LogP contribution in [0.4, 0.5) is 0 Å². The lowest BCUT2D eigenvalue weighted by molar-refractivity contribution is -0.142. The van der Waals surface area contributed by atoms with E-state index >= 15 is 0 Å². The number of carbonyl (C=O) groups excluding carboxylic acids is 5. The van der Waals surface area contributed by atoms with Crippen LogP contribution in [0.25, 0.3) is 28.1 Å². The molecule has 15 heteroatoms. The Balaban J connectivity index is 1.58. The summed E-state index contributed by atoms with van der Waals surface area (Å²) in [5.74, 6) is -2.75. The van der Waals surface area contributed by atoms with Crippen molar-refractivity contribution < 1.29 is 33.4 Å². The SMILES string of the molecule is C=C(C)c1ccc(-c2nc(C)c(C(=O)C[C@@H](CCN)C(=O)N(C)[C@@H]3C(=O)C[C@@H](C)C(=O)N[C@H](C(=O)CCC#N)Cc4ccc(OCCN)c(c4)-c4cc3ccc4OCCN)c(C)n2)cc1. The van der Waals surface area contributed by atoms with Crippen LogP contribution in [0.1, 0.15) is 90.4 Å². The first-order valence-corrected chi connectivity index (χ1v) is 21.9. The van der Waals surface area contributed by atoms with Crippen LogP contribution in [-0.2, 0) is 25.6 Å². The highest BCUT2D eigenvalue weighted by Gasteiger charge is 2.36. The third-order valence-electron chi connectivity index (χ3n) is 11.5. The van der Waals surface area contributed by atoms with Crippen LogP contribution < -0.4 is 32.0 Å². The predicted molar refractivity (Wildman–Crippen MR) is 249 cm³/mol. The van der Waals surface area contributed by atoms with Gasteiger partial charge in [0.05, 0.1) is 29.1 Å². The van der Waals surface area contributed by atoms with E-state index in [1.54, 1.807) is 51.1 Å². The van der Waals surface area contributed by atoms with Gasteiger partial charge in [-0.2, -0.15) is 5.26 Å². The second kappa shape index (κ2) is 22.8. The maximum atomic E-state index is 14.8. The second-order valence-electron chi connectivity index (χ2n) is 16.5. The van der Waals surface area contributed by atoms with Crippen molar-refractivity contribution in [2.24, 2.45) is 29.0 Å². The predicted octanol–water partition coefficient (Wildman–Crippen LogP) is 5.38. The number of allylic oxidation sites excluding steroid dienone is 1. The fraction of sp³-hybridized carbons (Fsp3) is 0.400. The van der Waals surface area contributed by atoms with Gasteiger partial charge in [0.25, 0.3) is 0 Å². The van der Waals surface area contributed by atoms with Gasteiger partial charge in [0, 0.05) is 74.3 Å². The quantitative estimate of drug-likeness (QED) is 0.0918. The number of aromatic nitrogens is 2. The van der Waals surface area contributed by atoms with E-state index in [-0.39, 0.29) is 82.9 Å². The zero-order chi connectivity index (χ0) is 47.4. The summed E-state index contributed by atoms with van der Waals surface area (Å²) in [5.41, 5.74) is 23.8. The summed E-state index contributed by atoms with van der Waals surface area (Å²) in [6.45, 7) is 11.8. The van der Waals surface area contributed by atoms with E-state index in [9.17, 15) is 29.2 Å². The lowest BCUT2D eigenvalue weighted by Crippen LogP contribution is -2.46. The van der Waals surface area contributed by atoms with Gasteiger partial charge in [-0.1, -0.05) is 55.5 Å². The highest BCUT2D eigenvalue weighted by Crippen LogP contribution is 2.41. The van der Waals surface area contributed by atoms with Crippen LogP contribution in [0.15, 0.2) is 67.2 Å². The zero-order valence-corrected chi connectivity index (χ0v) is 37.9. The van der Waals surface area contributed by atoms with Crippen molar-refractivity contribution in [1.29, 1.82) is 5.26 Å². The summed E-state index contributed by atoms with van der Waals surface area (Å²) in [6.07, 6.45) is -0.420. The number of ether oxygens (including phenoxy) is 2. The largest absolute Gasteiger partial charge is 0.492 e. The molecule has 15 nitrogen and oxygen atoms in total. The van der Waals surface area contributed by atoms with Crippen LogP contribution in [-0.4, -0.2) is 90.0 Å². The lowest BCUT2D eigenvalue weighted by Gasteiger charge is -2.32. The van der Waals surface area contributed by atoms with Crippen LogP contribution in [0, 0.1) is 37.0 Å². The van der Waals surface area contributed by atoms with Gasteiger partial charge in [0.15, 0.2) is 23.2 Å². The van der Waals surface area contributed by atoms with Crippen LogP contribution in [0.2, 0.25) is 0 Å². The molecule has 4 atom stereocenters. The monoisotopic (exact) mass is 884 g/mol. The number of nitrogens with two attached hydrogens (primary N) is 3. The fourth-order valence-corrected chi connectivity index (χ4v) is 8.12. The van der Waals surface area contributed by atoms with Gasteiger partial charge in [-0.15, -0.1) is 0 Å². The van der Waals surface area contributed by atoms with E-state index in [1.165, 1.54) is 11.9 Å². The summed E-state index contributed by atoms with van der Waals surface area (Å²) in [5, 5.41) is 12.1. The van der Waals surface area contributed by atoms with Gasteiger partial charge < -0.3 is 36.9 Å². The molecule has 2 amide bonds. The number of rotatable bonds is 18. The highest BCUT2D eigenvalue weighted by molar-refractivity contribution is 6.01. The molecule has 1 aliphatic rings. The molecule has 1 aliphatic heterocycles. The number of fused-ring (bicyclic) bond motifs is 5. The number of aryl methyl sites for hydroxylation is 2. The number of nitrogens with zero attached hydrogens (tertiary/aromatic N) is 4. The number of hydrogen-bond acceptors (Lipinski definition) is 13. The molecule has 342 valence electrons. The van der Waals surface area contributed by atoms with Crippen LogP contribution >= 0.6 is 0 Å². The Morgan fingerprint density at radius 3 is 2.11 bits per heavy atom. The van der Waals surface area contributed by atoms with Gasteiger partial charge in [-0.05, 0) is 81.1 Å². The molecule has 1 aromatic heterocycles. The van der Waals surface area contributed by atoms with Crippen molar-refractivity contribution in [3.8, 4) is 40.1 Å². The molecule has 7 N–H and O–H groups in total. The minimum atomic E-state index is -1.25. The maximum Gasteiger partial charge on any atom is 0.226 e. The van der Waals surface area contributed by atoms with Crippen LogP contribution in [0.5, 0.6) is 11.5 Å². The Morgan fingerprint density at radius 2 is 1.52 bits per heavy atom. The number of amides is 2. The summed E-state index contributed by atoms with van der Waals surface area (Å²) in [4.78, 5) is 81.7. The lowest BCUT2D eigenvalue weighted by atomic mass is 9.88. The van der Waals surface area contributed by atoms with E-state index in [0.29, 0.717) is 56.5 Å². The topological polar surface area (TPSA) is 247 Å². The van der Waals surface area contributed by atoms with Crippen molar-refractivity contribution >= 4 is 34.7 Å². The Bertz CT molecular complexity index is 2440. The summed E-state index contributed by atoms with van der Waals surface area (Å²) < 4.78 is 12.2. The molecule has 0 radical (unpaired) electrons. The normalized spacial score (nSPS) is 16.6. The summed E-state index contributed by atoms with van der Waals surface area (Å²) >= 11 is 0. The number of likely N-dealkylation sites (N-methyl/N-ethyl adjacent to an activating group) is 1. The first-order chi connectivity index (χ1) is 31.1. The molecule has 0 saturated carbocycles. The molecule has 0 fully saturated rings. The first kappa shape index (κ1) is 49.4. The van der Waals surface area contributed by atoms with Gasteiger partial charge in [-0.3, -0.25) is 24.0 Å². The van der Waals surface area contributed by atoms with Gasteiger partial charge in [-0.25, -0.2) is 9.97 Å². The minimum absolute atomic E-state index is 0.0333. The number of ketones is 3. The Labute approximate surface area is 380 Å². The fourth-order valence-electron chi connectivity index (χ4n) is 8.12. The van der Waals surface area contributed by atoms with E-state index in [4.69, 9.17) is 26.7 Å². The standard InChI is InChI=1S/C50H60N8O7/c1-29(2)34-10-12-35(13-11-34)48-55-31(4)46(32(5)56-48)42(60)28-37(17-19-52)50(63)58(6)47-36-14-16-45(65-23-21-54)39(27-36)38-25-33(9-15-44(38)64-22-20-53)26-40(41(59)8-7-18-51)57-49(62)30(3)24-43(47)61/h9-16,25,27,30,37,40,47H,1,7-8,17,19-24,26,28,52-54H2,2-6H3,(H,57,62)/t30-,37-,40+,47+/m1/s1. The number of Topliss-reactive ketones (excluding diaryl/α,β-unsaturated/α-hetero) is 3. The Hall–Kier alpha value is -6.60. The van der Waals surface area contributed by atoms with E-state index in [2.05, 4.69) is 21.9 Å². The number of carbonyl (C=O) groups is 5. The Kier molecular flexibility index (Phi) is 17.4. The smallest absolute Gasteiger partial charge is 0.226 e. The average molecular weight is 885 g/mol. The zero-order valence-electron chi connectivity index (χ0n) is 37.9. The molecule has 0 saturated heterocycles. The molecule has 5 rings (SSSR count). The number of nitrogens with one attached hydrogen (secondary N) is 1. The minimum Gasteiger partial charge on any atom is -0.492 e. The molecule has 0 unspecified atom stereocenters. The van der Waals surface area contributed by atoms with E-state index in [0.717, 1.165) is 16.7 Å². The summed E-state index contributed by atoms with van der Waals surface area (Å²) in [6, 6.07) is 17.9. The molecule has 0 spiro atoms. The van der Waals surface area contributed by atoms with Gasteiger partial charge >= 0.3 is 0 Å². The van der Waals surface area contributed by atoms with Gasteiger partial charge in [0.1, 0.15) is 30.8 Å². The second-order valence-corrected chi connectivity index (χ2v) is 16.5. The van der Waals surface area contributed by atoms with Crippen molar-refractivity contribution in [3.63, 3.8) is 0 Å². The molecule has 65 heavy (non-hydrogen) atoms. The van der Waals surface area contributed by atoms with Crippen molar-refractivity contribution in [3.05, 3.63) is 101 Å². The molecule has 4 bridgehead atoms. The van der Waals surface area contributed by atoms with E-state index < -0.39 is 41.5 Å². The summed E-state index contributed by atoms with van der Waals surface area (Å²) in [7, 11) is 1.50. The molecular formula is C50H60N8O7.